The molecule has 0 saturated carbocycles. The average molecular weight is 877 g/mol. The van der Waals surface area contributed by atoms with Crippen LogP contribution in [0.5, 0.6) is 11.5 Å². The number of nitrogens with zero attached hydrogens (tertiary/aromatic N) is 1. The Kier molecular flexibility index (Phi) is 25.7. The van der Waals surface area contributed by atoms with Gasteiger partial charge in [-0.3, -0.25) is 9.69 Å². The molecule has 6 nitrogen and oxygen atoms in total. The highest BCUT2D eigenvalue weighted by atomic mass is 31.2. The zero-order valence-electron chi connectivity index (χ0n) is 39.8. The number of benzene rings is 5. The number of aliphatic carboxylic acids is 1. The molecule has 0 amide bonds. The maximum Gasteiger partial charge on any atom is 0.300 e. The van der Waals surface area contributed by atoms with E-state index >= 15 is 0 Å². The lowest BCUT2D eigenvalue weighted by atomic mass is 9.80. The standard InChI is InChI=1S/C52H69NO3P.C2H4O2.C2H6/c1-5-6-20-37-52(2,3)46-31-35-48(36-32-46)56-42-41-54-40-38-53(4)44-45-29-33-47(34-30-45)55-39-21-9-7-8-10-22-43-57(49-23-14-11-15-24-49,50-25-16-12-17-26-50)51-27-18-13-19-28-51;1-2(3)4;1-2/h11-19,23-36H,5-10,20-22,37-44H2,1-4H3;1H3,(H,3,4);1-2H3/q+1;;. The third kappa shape index (κ3) is 19.4. The third-order valence-corrected chi connectivity index (χ3v) is 15.8. The summed E-state index contributed by atoms with van der Waals surface area (Å²) in [4.78, 5) is 11.3. The van der Waals surface area contributed by atoms with Gasteiger partial charge in [0.2, 0.25) is 0 Å². The van der Waals surface area contributed by atoms with Crippen molar-refractivity contribution >= 4 is 29.1 Å². The molecule has 0 saturated heterocycles. The predicted molar refractivity (Wildman–Crippen MR) is 271 cm³/mol. The van der Waals surface area contributed by atoms with Crippen LogP contribution in [0.25, 0.3) is 0 Å². The number of likely N-dealkylation sites (N-methyl/N-ethyl adjacent to an activating group) is 1. The first-order valence-electron chi connectivity index (χ1n) is 23.6. The third-order valence-electron chi connectivity index (χ3n) is 11.3. The molecule has 0 bridgehead atoms. The Morgan fingerprint density at radius 1 is 0.587 bits per heavy atom. The van der Waals surface area contributed by atoms with Crippen molar-refractivity contribution in [3.8, 4) is 11.5 Å². The van der Waals surface area contributed by atoms with Gasteiger partial charge in [-0.05, 0) is 110 Å². The van der Waals surface area contributed by atoms with Crippen LogP contribution in [-0.4, -0.2) is 62.2 Å². The van der Waals surface area contributed by atoms with Crippen LogP contribution in [0.2, 0.25) is 0 Å². The summed E-state index contributed by atoms with van der Waals surface area (Å²) >= 11 is 0. The number of carbonyl (C=O) groups is 1. The van der Waals surface area contributed by atoms with Gasteiger partial charge in [-0.15, -0.1) is 0 Å². The van der Waals surface area contributed by atoms with E-state index in [9.17, 15) is 0 Å². The first kappa shape index (κ1) is 52.9. The molecular weight excluding hydrogens is 798 g/mol. The predicted octanol–water partition coefficient (Wildman–Crippen LogP) is 12.9. The van der Waals surface area contributed by atoms with E-state index in [4.69, 9.17) is 24.1 Å². The zero-order chi connectivity index (χ0) is 45.6. The van der Waals surface area contributed by atoms with Crippen LogP contribution in [0.3, 0.4) is 0 Å². The van der Waals surface area contributed by atoms with Crippen LogP contribution in [-0.2, 0) is 21.5 Å². The van der Waals surface area contributed by atoms with E-state index in [0.717, 1.165) is 44.5 Å². The summed E-state index contributed by atoms with van der Waals surface area (Å²) < 4.78 is 17.9. The van der Waals surface area contributed by atoms with Crippen LogP contribution in [0, 0.1) is 0 Å². The molecule has 0 atom stereocenters. The maximum absolute atomic E-state index is 9.00. The lowest BCUT2D eigenvalue weighted by Gasteiger charge is -2.27. The summed E-state index contributed by atoms with van der Waals surface area (Å²) in [5, 5.41) is 11.9. The molecule has 0 aromatic heterocycles. The fourth-order valence-corrected chi connectivity index (χ4v) is 12.2. The molecule has 0 spiro atoms. The van der Waals surface area contributed by atoms with E-state index < -0.39 is 13.2 Å². The van der Waals surface area contributed by atoms with Crippen molar-refractivity contribution in [2.45, 2.75) is 118 Å². The Labute approximate surface area is 382 Å². The van der Waals surface area contributed by atoms with Crippen molar-refractivity contribution in [2.24, 2.45) is 0 Å². The van der Waals surface area contributed by atoms with Crippen molar-refractivity contribution in [3.63, 3.8) is 0 Å². The van der Waals surface area contributed by atoms with Crippen LogP contribution in [0.4, 0.5) is 0 Å². The van der Waals surface area contributed by atoms with E-state index in [1.807, 2.05) is 13.8 Å². The SMILES string of the molecule is CC.CC(=O)O.CCCCCC(C)(C)c1ccc(OCCOCCN(C)Cc2ccc(OCCCCCCCC[P+](c3ccccc3)(c3ccccc3)c3ccccc3)cc2)cc1. The Morgan fingerprint density at radius 2 is 1.05 bits per heavy atom. The zero-order valence-corrected chi connectivity index (χ0v) is 40.7. The summed E-state index contributed by atoms with van der Waals surface area (Å²) in [6.07, 6.45) is 13.6. The summed E-state index contributed by atoms with van der Waals surface area (Å²) in [6, 6.07) is 51.0. The van der Waals surface area contributed by atoms with Crippen molar-refractivity contribution in [1.82, 2.24) is 4.90 Å². The number of hydrogen-bond donors (Lipinski definition) is 1. The van der Waals surface area contributed by atoms with Gasteiger partial charge in [-0.25, -0.2) is 0 Å². The molecule has 63 heavy (non-hydrogen) atoms. The normalized spacial score (nSPS) is 11.2. The second kappa shape index (κ2) is 30.6. The second-order valence-electron chi connectivity index (χ2n) is 16.7. The van der Waals surface area contributed by atoms with Gasteiger partial charge in [0.15, 0.2) is 0 Å². The first-order chi connectivity index (χ1) is 30.6. The van der Waals surface area contributed by atoms with Crippen LogP contribution >= 0.6 is 7.26 Å². The van der Waals surface area contributed by atoms with Crippen molar-refractivity contribution in [3.05, 3.63) is 151 Å². The Morgan fingerprint density at radius 3 is 1.56 bits per heavy atom. The van der Waals surface area contributed by atoms with Crippen LogP contribution in [0.1, 0.15) is 117 Å². The number of ether oxygens (including phenoxy) is 3. The van der Waals surface area contributed by atoms with Gasteiger partial charge in [-0.1, -0.05) is 152 Å². The molecule has 0 unspecified atom stereocenters. The maximum atomic E-state index is 9.00. The molecule has 0 aliphatic rings. The van der Waals surface area contributed by atoms with Crippen molar-refractivity contribution < 1.29 is 24.1 Å². The van der Waals surface area contributed by atoms with E-state index in [-0.39, 0.29) is 5.41 Å². The molecule has 5 aromatic rings. The lowest BCUT2D eigenvalue weighted by molar-refractivity contribution is -0.134. The molecular formula is C56H79NO5P+. The van der Waals surface area contributed by atoms with E-state index in [2.05, 4.69) is 172 Å². The minimum Gasteiger partial charge on any atom is -0.494 e. The quantitative estimate of drug-likeness (QED) is 0.0419. The lowest BCUT2D eigenvalue weighted by Crippen LogP contribution is -2.33. The molecule has 7 heteroatoms. The monoisotopic (exact) mass is 877 g/mol. The topological polar surface area (TPSA) is 68.2 Å². The molecule has 0 aliphatic heterocycles. The molecule has 0 fully saturated rings. The van der Waals surface area contributed by atoms with Gasteiger partial charge in [0.25, 0.3) is 5.97 Å². The molecule has 0 heterocycles. The molecule has 5 aromatic carbocycles. The summed E-state index contributed by atoms with van der Waals surface area (Å²) in [5.41, 5.74) is 2.86. The highest BCUT2D eigenvalue weighted by Gasteiger charge is 2.44. The van der Waals surface area contributed by atoms with Crippen molar-refractivity contribution in [2.75, 3.05) is 46.2 Å². The number of carboxylic acid groups (broad SMARTS) is 1. The fraction of sp³-hybridized carbons (Fsp3) is 0.446. The molecule has 0 aliphatic carbocycles. The molecule has 0 radical (unpaired) electrons. The van der Waals surface area contributed by atoms with Crippen LogP contribution in [0.15, 0.2) is 140 Å². The highest BCUT2D eigenvalue weighted by molar-refractivity contribution is 7.95. The van der Waals surface area contributed by atoms with E-state index in [1.54, 1.807) is 0 Å². The fourth-order valence-electron chi connectivity index (χ4n) is 7.82. The largest absolute Gasteiger partial charge is 0.494 e. The first-order valence-corrected chi connectivity index (χ1v) is 25.6. The number of hydrogen-bond acceptors (Lipinski definition) is 5. The number of unbranched alkanes of at least 4 members (excludes halogenated alkanes) is 7. The number of carboxylic acids is 1. The minimum absolute atomic E-state index is 0.201. The van der Waals surface area contributed by atoms with Gasteiger partial charge in [0.05, 0.1) is 26.0 Å². The Bertz CT molecular complexity index is 1790. The second-order valence-corrected chi connectivity index (χ2v) is 20.4. The highest BCUT2D eigenvalue weighted by Crippen LogP contribution is 2.56. The van der Waals surface area contributed by atoms with Crippen molar-refractivity contribution in [1.29, 1.82) is 0 Å². The van der Waals surface area contributed by atoms with Gasteiger partial charge < -0.3 is 19.3 Å². The van der Waals surface area contributed by atoms with Gasteiger partial charge >= 0.3 is 0 Å². The van der Waals surface area contributed by atoms with E-state index in [0.29, 0.717) is 19.8 Å². The minimum atomic E-state index is -1.72. The average Bonchev–Trinajstić information content (AvgIpc) is 3.30. The van der Waals surface area contributed by atoms with E-state index in [1.165, 1.54) is 91.0 Å². The van der Waals surface area contributed by atoms with Gasteiger partial charge in [0, 0.05) is 20.0 Å². The van der Waals surface area contributed by atoms with Gasteiger partial charge in [-0.2, -0.15) is 0 Å². The van der Waals surface area contributed by atoms with Crippen LogP contribution < -0.4 is 25.4 Å². The smallest absolute Gasteiger partial charge is 0.300 e. The Hall–Kier alpha value is -4.48. The molecule has 342 valence electrons. The molecule has 1 N–H and O–H groups in total. The Balaban J connectivity index is 0.00000166. The summed E-state index contributed by atoms with van der Waals surface area (Å²) in [5.74, 6) is 1.03. The van der Waals surface area contributed by atoms with Gasteiger partial charge in [0.1, 0.15) is 41.3 Å². The summed E-state index contributed by atoms with van der Waals surface area (Å²) in [6.45, 7) is 16.4. The molecule has 5 rings (SSSR count). The number of rotatable bonds is 27. The summed E-state index contributed by atoms with van der Waals surface area (Å²) in [7, 11) is 0.419.